The molecule has 0 saturated heterocycles. The molecule has 0 radical (unpaired) electrons. The first-order chi connectivity index (χ1) is 12.6. The molecule has 0 unspecified atom stereocenters. The lowest BCUT2D eigenvalue weighted by Crippen LogP contribution is -2.40. The van der Waals surface area contributed by atoms with Gasteiger partial charge in [-0.1, -0.05) is 12.1 Å². The summed E-state index contributed by atoms with van der Waals surface area (Å²) in [6, 6.07) is 7.61. The maximum Gasteiger partial charge on any atom is 0.251 e. The molecule has 1 aromatic carbocycles. The van der Waals surface area contributed by atoms with Crippen LogP contribution in [0, 0.1) is 0 Å². The highest BCUT2D eigenvalue weighted by atomic mass is 127. The third-order valence-corrected chi connectivity index (χ3v) is 3.88. The minimum absolute atomic E-state index is 0. The summed E-state index contributed by atoms with van der Waals surface area (Å²) < 4.78 is 5.07. The van der Waals surface area contributed by atoms with Crippen LogP contribution in [0.2, 0.25) is 0 Å². The summed E-state index contributed by atoms with van der Waals surface area (Å²) in [6.07, 6.45) is 1.03. The van der Waals surface area contributed by atoms with Gasteiger partial charge < -0.3 is 25.6 Å². The number of carbonyl (C=O) groups is 1. The Balaban J connectivity index is 0.00000676. The van der Waals surface area contributed by atoms with E-state index in [2.05, 4.69) is 32.9 Å². The number of aliphatic imine (C=N–C) groups is 1. The highest BCUT2D eigenvalue weighted by Crippen LogP contribution is 2.05. The molecule has 0 atom stereocenters. The average molecular weight is 491 g/mol. The molecular formula is C19H34IN5O2. The summed E-state index contributed by atoms with van der Waals surface area (Å²) in [5, 5.41) is 9.40. The standard InChI is InChI=1S/C19H33N5O2.HI/c1-5-21-18(25)17-9-6-8-16(14-17)15-23-19(20-2)22-10-12-24(3)11-7-13-26-4;/h6,8-9,14H,5,7,10-13,15H2,1-4H3,(H,21,25)(H2,20,22,23);1H. The second-order valence-corrected chi connectivity index (χ2v) is 6.06. The van der Waals surface area contributed by atoms with Gasteiger partial charge in [-0.3, -0.25) is 9.79 Å². The minimum Gasteiger partial charge on any atom is -0.385 e. The maximum absolute atomic E-state index is 11.9. The van der Waals surface area contributed by atoms with Gasteiger partial charge >= 0.3 is 0 Å². The molecule has 3 N–H and O–H groups in total. The summed E-state index contributed by atoms with van der Waals surface area (Å²) >= 11 is 0. The lowest BCUT2D eigenvalue weighted by atomic mass is 10.1. The molecule has 0 fully saturated rings. The summed E-state index contributed by atoms with van der Waals surface area (Å²) in [5.74, 6) is 0.701. The second-order valence-electron chi connectivity index (χ2n) is 6.06. The Labute approximate surface area is 180 Å². The van der Waals surface area contributed by atoms with E-state index >= 15 is 0 Å². The van der Waals surface area contributed by atoms with Crippen LogP contribution < -0.4 is 16.0 Å². The number of rotatable bonds is 11. The van der Waals surface area contributed by atoms with E-state index in [0.29, 0.717) is 18.7 Å². The Morgan fingerprint density at radius 2 is 2.00 bits per heavy atom. The quantitative estimate of drug-likeness (QED) is 0.190. The number of benzene rings is 1. The van der Waals surface area contributed by atoms with Crippen LogP contribution >= 0.6 is 24.0 Å². The second kappa shape index (κ2) is 15.6. The van der Waals surface area contributed by atoms with Gasteiger partial charge in [-0.25, -0.2) is 0 Å². The fraction of sp³-hybridized carbons (Fsp3) is 0.579. The van der Waals surface area contributed by atoms with Crippen LogP contribution in [0.3, 0.4) is 0 Å². The summed E-state index contributed by atoms with van der Waals surface area (Å²) in [4.78, 5) is 18.4. The summed E-state index contributed by atoms with van der Waals surface area (Å²) in [6.45, 7) is 6.67. The molecular weight excluding hydrogens is 457 g/mol. The van der Waals surface area contributed by atoms with Crippen LogP contribution in [0.4, 0.5) is 0 Å². The van der Waals surface area contributed by atoms with Gasteiger partial charge in [0, 0.05) is 59.1 Å². The number of hydrogen-bond acceptors (Lipinski definition) is 4. The fourth-order valence-electron chi connectivity index (χ4n) is 2.45. The van der Waals surface area contributed by atoms with Crippen molar-refractivity contribution in [2.24, 2.45) is 4.99 Å². The van der Waals surface area contributed by atoms with Crippen molar-refractivity contribution < 1.29 is 9.53 Å². The zero-order chi connectivity index (χ0) is 19.2. The number of methoxy groups -OCH3 is 1. The van der Waals surface area contributed by atoms with Crippen molar-refractivity contribution in [2.45, 2.75) is 19.9 Å². The van der Waals surface area contributed by atoms with Crippen molar-refractivity contribution in [1.82, 2.24) is 20.9 Å². The number of nitrogens with zero attached hydrogens (tertiary/aromatic N) is 2. The summed E-state index contributed by atoms with van der Waals surface area (Å²) in [5.41, 5.74) is 1.71. The van der Waals surface area contributed by atoms with Crippen molar-refractivity contribution in [3.63, 3.8) is 0 Å². The van der Waals surface area contributed by atoms with Gasteiger partial charge in [0.05, 0.1) is 0 Å². The van der Waals surface area contributed by atoms with E-state index in [9.17, 15) is 4.79 Å². The number of hydrogen-bond donors (Lipinski definition) is 3. The van der Waals surface area contributed by atoms with Crippen LogP contribution in [0.1, 0.15) is 29.3 Å². The first-order valence-corrected chi connectivity index (χ1v) is 9.09. The van der Waals surface area contributed by atoms with Gasteiger partial charge in [-0.05, 0) is 38.1 Å². The van der Waals surface area contributed by atoms with Crippen molar-refractivity contribution in [1.29, 1.82) is 0 Å². The molecule has 0 aromatic heterocycles. The van der Waals surface area contributed by atoms with Gasteiger partial charge in [-0.15, -0.1) is 24.0 Å². The van der Waals surface area contributed by atoms with Crippen LogP contribution in [0.15, 0.2) is 29.3 Å². The molecule has 27 heavy (non-hydrogen) atoms. The monoisotopic (exact) mass is 491 g/mol. The largest absolute Gasteiger partial charge is 0.385 e. The van der Waals surface area contributed by atoms with Gasteiger partial charge in [0.15, 0.2) is 5.96 Å². The molecule has 8 heteroatoms. The van der Waals surface area contributed by atoms with E-state index < -0.39 is 0 Å². The zero-order valence-electron chi connectivity index (χ0n) is 16.9. The molecule has 154 valence electrons. The first-order valence-electron chi connectivity index (χ1n) is 9.09. The third-order valence-electron chi connectivity index (χ3n) is 3.88. The number of likely N-dealkylation sites (N-methyl/N-ethyl adjacent to an activating group) is 1. The molecule has 0 aliphatic rings. The van der Waals surface area contributed by atoms with Crippen LogP contribution in [-0.2, 0) is 11.3 Å². The molecule has 1 rings (SSSR count). The Hall–Kier alpha value is -1.39. The Kier molecular flexibility index (Phi) is 14.8. The molecule has 0 heterocycles. The molecule has 0 bridgehead atoms. The maximum atomic E-state index is 11.9. The van der Waals surface area contributed by atoms with E-state index in [1.54, 1.807) is 14.2 Å². The molecule has 0 saturated carbocycles. The van der Waals surface area contributed by atoms with Gasteiger partial charge in [-0.2, -0.15) is 0 Å². The van der Waals surface area contributed by atoms with Crippen molar-refractivity contribution in [2.75, 3.05) is 54.0 Å². The topological polar surface area (TPSA) is 78.0 Å². The third kappa shape index (κ3) is 11.1. The fourth-order valence-corrected chi connectivity index (χ4v) is 2.45. The molecule has 0 aliphatic carbocycles. The molecule has 1 amide bonds. The van der Waals surface area contributed by atoms with E-state index in [0.717, 1.165) is 44.2 Å². The van der Waals surface area contributed by atoms with Crippen molar-refractivity contribution in [3.05, 3.63) is 35.4 Å². The number of halogens is 1. The Bertz CT molecular complexity index is 569. The highest BCUT2D eigenvalue weighted by molar-refractivity contribution is 14.0. The highest BCUT2D eigenvalue weighted by Gasteiger charge is 2.05. The minimum atomic E-state index is -0.0478. The van der Waals surface area contributed by atoms with Gasteiger partial charge in [0.25, 0.3) is 5.91 Å². The van der Waals surface area contributed by atoms with Crippen LogP contribution in [0.25, 0.3) is 0 Å². The molecule has 0 spiro atoms. The zero-order valence-corrected chi connectivity index (χ0v) is 19.2. The van der Waals surface area contributed by atoms with Crippen molar-refractivity contribution in [3.8, 4) is 0 Å². The first kappa shape index (κ1) is 25.6. The predicted molar refractivity (Wildman–Crippen MR) is 122 cm³/mol. The molecule has 0 aliphatic heterocycles. The summed E-state index contributed by atoms with van der Waals surface area (Å²) in [7, 11) is 5.58. The number of nitrogens with one attached hydrogen (secondary N) is 3. The van der Waals surface area contributed by atoms with Crippen LogP contribution in [-0.4, -0.2) is 70.8 Å². The van der Waals surface area contributed by atoms with Crippen molar-refractivity contribution >= 4 is 35.8 Å². The number of amides is 1. The Morgan fingerprint density at radius 3 is 2.67 bits per heavy atom. The lowest BCUT2D eigenvalue weighted by Gasteiger charge is -2.18. The van der Waals surface area contributed by atoms with Crippen LogP contribution in [0.5, 0.6) is 0 Å². The normalized spacial score (nSPS) is 11.1. The number of ether oxygens (including phenoxy) is 1. The Morgan fingerprint density at radius 1 is 1.22 bits per heavy atom. The van der Waals surface area contributed by atoms with Gasteiger partial charge in [0.2, 0.25) is 0 Å². The SMILES string of the molecule is CCNC(=O)c1cccc(CNC(=NC)NCCN(C)CCCOC)c1.I. The number of carbonyl (C=O) groups excluding carboxylic acids is 1. The average Bonchev–Trinajstić information content (AvgIpc) is 2.65. The van der Waals surface area contributed by atoms with E-state index in [1.165, 1.54) is 0 Å². The van der Waals surface area contributed by atoms with Gasteiger partial charge in [0.1, 0.15) is 0 Å². The smallest absolute Gasteiger partial charge is 0.251 e. The predicted octanol–water partition coefficient (Wildman–Crippen LogP) is 1.69. The van der Waals surface area contributed by atoms with E-state index in [4.69, 9.17) is 4.74 Å². The molecule has 1 aromatic rings. The lowest BCUT2D eigenvalue weighted by molar-refractivity contribution is 0.0955. The van der Waals surface area contributed by atoms with E-state index in [1.807, 2.05) is 31.2 Å². The van der Waals surface area contributed by atoms with E-state index in [-0.39, 0.29) is 29.9 Å². The molecule has 7 nitrogen and oxygen atoms in total. The number of guanidine groups is 1.